The van der Waals surface area contributed by atoms with E-state index in [0.717, 1.165) is 53.0 Å². The molecule has 1 heterocycles. The third kappa shape index (κ3) is 4.20. The largest absolute Gasteiger partial charge is 0.322 e. The Hall–Kier alpha value is -3.14. The van der Waals surface area contributed by atoms with Crippen LogP contribution in [-0.4, -0.2) is 10.5 Å². The molecule has 2 aliphatic carbocycles. The molecule has 0 spiro atoms. The fraction of sp³-hybridized carbons (Fsp3) is 0.333. The Morgan fingerprint density at radius 3 is 2.13 bits per heavy atom. The Bertz CT molecular complexity index is 1180. The second kappa shape index (κ2) is 7.84. The second-order valence-electron chi connectivity index (χ2n) is 9.19. The number of anilines is 1. The van der Waals surface area contributed by atoms with E-state index in [1.165, 1.54) is 12.8 Å². The first-order valence-electron chi connectivity index (χ1n) is 11.2. The van der Waals surface area contributed by atoms with Crippen molar-refractivity contribution in [3.8, 4) is 5.69 Å². The van der Waals surface area contributed by atoms with Crippen LogP contribution >= 0.6 is 0 Å². The summed E-state index contributed by atoms with van der Waals surface area (Å²) >= 11 is 0. The maximum absolute atomic E-state index is 13.6. The number of benzene rings is 2. The molecule has 2 aromatic carbocycles. The lowest BCUT2D eigenvalue weighted by Gasteiger charge is -2.19. The first-order valence-corrected chi connectivity index (χ1v) is 11.2. The molecule has 1 N–H and O–H groups in total. The maximum Gasteiger partial charge on any atom is 0.258 e. The van der Waals surface area contributed by atoms with Crippen LogP contribution in [0.1, 0.15) is 64.3 Å². The molecule has 158 valence electrons. The lowest BCUT2D eigenvalue weighted by atomic mass is 10.0. The second-order valence-corrected chi connectivity index (χ2v) is 9.19. The Morgan fingerprint density at radius 1 is 0.935 bits per heavy atom. The molecular weight excluding hydrogens is 384 g/mol. The van der Waals surface area contributed by atoms with E-state index in [2.05, 4.69) is 5.32 Å². The Morgan fingerprint density at radius 2 is 1.55 bits per heavy atom. The van der Waals surface area contributed by atoms with E-state index in [1.54, 1.807) is 0 Å². The van der Waals surface area contributed by atoms with Crippen LogP contribution < -0.4 is 10.9 Å². The van der Waals surface area contributed by atoms with Gasteiger partial charge in [-0.25, -0.2) is 0 Å². The lowest BCUT2D eigenvalue weighted by Crippen LogP contribution is -2.29. The molecule has 0 bridgehead atoms. The van der Waals surface area contributed by atoms with Crippen LogP contribution in [0.2, 0.25) is 0 Å². The normalized spacial score (nSPS) is 15.7. The van der Waals surface area contributed by atoms with Gasteiger partial charge in [0, 0.05) is 28.6 Å². The van der Waals surface area contributed by atoms with Gasteiger partial charge in [-0.3, -0.25) is 14.2 Å². The number of nitrogens with one attached hydrogen (secondary N) is 1. The third-order valence-corrected chi connectivity index (χ3v) is 6.33. The van der Waals surface area contributed by atoms with Crippen molar-refractivity contribution in [1.29, 1.82) is 0 Å². The zero-order valence-corrected chi connectivity index (χ0v) is 18.2. The van der Waals surface area contributed by atoms with E-state index < -0.39 is 0 Å². The van der Waals surface area contributed by atoms with Crippen molar-refractivity contribution < 1.29 is 4.79 Å². The zero-order chi connectivity index (χ0) is 21.5. The molecule has 4 nitrogen and oxygen atoms in total. The van der Waals surface area contributed by atoms with Crippen molar-refractivity contribution in [3.05, 3.63) is 92.9 Å². The van der Waals surface area contributed by atoms with E-state index >= 15 is 0 Å². The number of hydrogen-bond donors (Lipinski definition) is 1. The molecule has 2 aliphatic rings. The molecule has 3 aromatic rings. The number of carbonyl (C=O) groups excluding carboxylic acids is 1. The quantitative estimate of drug-likeness (QED) is 0.578. The van der Waals surface area contributed by atoms with Crippen LogP contribution in [0.3, 0.4) is 0 Å². The summed E-state index contributed by atoms with van der Waals surface area (Å²) in [5.74, 6) is 0.686. The first-order chi connectivity index (χ1) is 15.0. The average Bonchev–Trinajstić information content (AvgIpc) is 3.66. The summed E-state index contributed by atoms with van der Waals surface area (Å²) in [6, 6.07) is 17.7. The Kier molecular flexibility index (Phi) is 5.01. The van der Waals surface area contributed by atoms with E-state index in [-0.39, 0.29) is 17.4 Å². The van der Waals surface area contributed by atoms with Crippen molar-refractivity contribution in [2.45, 2.75) is 51.9 Å². The third-order valence-electron chi connectivity index (χ3n) is 6.33. The van der Waals surface area contributed by atoms with Crippen LogP contribution in [-0.2, 0) is 6.42 Å². The Labute approximate surface area is 182 Å². The Balaban J connectivity index is 1.64. The minimum atomic E-state index is -0.135. The molecule has 2 saturated carbocycles. The number of rotatable bonds is 6. The summed E-state index contributed by atoms with van der Waals surface area (Å²) in [5.41, 5.74) is 6.20. The summed E-state index contributed by atoms with van der Waals surface area (Å²) in [6.45, 7) is 4.07. The van der Waals surface area contributed by atoms with E-state index in [1.807, 2.05) is 73.0 Å². The molecule has 2 fully saturated rings. The highest BCUT2D eigenvalue weighted by Gasteiger charge is 2.34. The highest BCUT2D eigenvalue weighted by molar-refractivity contribution is 6.05. The molecule has 0 atom stereocenters. The number of carbonyl (C=O) groups is 1. The summed E-state index contributed by atoms with van der Waals surface area (Å²) in [6.07, 6.45) is 5.11. The molecule has 1 amide bonds. The van der Waals surface area contributed by atoms with Crippen LogP contribution in [0, 0.1) is 19.8 Å². The summed E-state index contributed by atoms with van der Waals surface area (Å²) in [4.78, 5) is 27.0. The van der Waals surface area contributed by atoms with E-state index in [9.17, 15) is 9.59 Å². The average molecular weight is 413 g/mol. The van der Waals surface area contributed by atoms with Gasteiger partial charge in [0.05, 0.1) is 5.56 Å². The molecule has 0 saturated heterocycles. The van der Waals surface area contributed by atoms with Gasteiger partial charge in [0.1, 0.15) is 0 Å². The fourth-order valence-corrected chi connectivity index (χ4v) is 4.19. The smallest absolute Gasteiger partial charge is 0.258 e. The van der Waals surface area contributed by atoms with Crippen molar-refractivity contribution in [2.75, 3.05) is 5.32 Å². The zero-order valence-electron chi connectivity index (χ0n) is 18.2. The van der Waals surface area contributed by atoms with E-state index in [4.69, 9.17) is 0 Å². The molecule has 1 aromatic heterocycles. The molecule has 5 rings (SSSR count). The van der Waals surface area contributed by atoms with Gasteiger partial charge < -0.3 is 5.32 Å². The standard InChI is InChI=1S/C27H28N2O2/c1-17-3-11-22(12-4-17)28-26(30)24-16-21(15-19-7-8-19)27(31)29(25(24)20-9-10-20)23-13-5-18(2)6-14-23/h3-6,11-14,16,19-20H,7-10,15H2,1-2H3,(H,28,30). The van der Waals surface area contributed by atoms with Crippen LogP contribution in [0.4, 0.5) is 5.69 Å². The van der Waals surface area contributed by atoms with Gasteiger partial charge in [0.2, 0.25) is 0 Å². The highest BCUT2D eigenvalue weighted by atomic mass is 16.2. The highest BCUT2D eigenvalue weighted by Crippen LogP contribution is 2.43. The minimum absolute atomic E-state index is 0.0320. The predicted molar refractivity (Wildman–Crippen MR) is 124 cm³/mol. The minimum Gasteiger partial charge on any atom is -0.322 e. The van der Waals surface area contributed by atoms with Crippen molar-refractivity contribution >= 4 is 11.6 Å². The van der Waals surface area contributed by atoms with E-state index in [0.29, 0.717) is 11.5 Å². The van der Waals surface area contributed by atoms with Crippen LogP contribution in [0.5, 0.6) is 0 Å². The van der Waals surface area contributed by atoms with Crippen molar-refractivity contribution in [3.63, 3.8) is 0 Å². The van der Waals surface area contributed by atoms with Gasteiger partial charge >= 0.3 is 0 Å². The van der Waals surface area contributed by atoms with Crippen molar-refractivity contribution in [1.82, 2.24) is 4.57 Å². The van der Waals surface area contributed by atoms with Crippen molar-refractivity contribution in [2.24, 2.45) is 5.92 Å². The number of nitrogens with zero attached hydrogens (tertiary/aromatic N) is 1. The first kappa shape index (κ1) is 19.8. The van der Waals surface area contributed by atoms with Crippen LogP contribution in [0.25, 0.3) is 5.69 Å². The number of hydrogen-bond acceptors (Lipinski definition) is 2. The van der Waals surface area contributed by atoms with Gasteiger partial charge in [-0.05, 0) is 82.2 Å². The summed E-state index contributed by atoms with van der Waals surface area (Å²) < 4.78 is 1.82. The monoisotopic (exact) mass is 412 g/mol. The van der Waals surface area contributed by atoms with Gasteiger partial charge in [-0.2, -0.15) is 0 Å². The number of aromatic nitrogens is 1. The van der Waals surface area contributed by atoms with Gasteiger partial charge in [-0.1, -0.05) is 35.4 Å². The molecule has 0 unspecified atom stereocenters. The molecule has 4 heteroatoms. The molecule has 0 aliphatic heterocycles. The maximum atomic E-state index is 13.6. The van der Waals surface area contributed by atoms with Gasteiger partial charge in [-0.15, -0.1) is 0 Å². The number of amides is 1. The predicted octanol–water partition coefficient (Wildman–Crippen LogP) is 5.54. The number of pyridine rings is 1. The lowest BCUT2D eigenvalue weighted by molar-refractivity contribution is 0.102. The fourth-order valence-electron chi connectivity index (χ4n) is 4.19. The van der Waals surface area contributed by atoms with Crippen LogP contribution in [0.15, 0.2) is 59.4 Å². The summed E-state index contributed by atoms with van der Waals surface area (Å²) in [7, 11) is 0. The topological polar surface area (TPSA) is 51.1 Å². The van der Waals surface area contributed by atoms with Gasteiger partial charge in [0.15, 0.2) is 0 Å². The number of aryl methyl sites for hydroxylation is 2. The molecule has 31 heavy (non-hydrogen) atoms. The molecular formula is C27H28N2O2. The SMILES string of the molecule is Cc1ccc(NC(=O)c2cc(CC3CC3)c(=O)n(-c3ccc(C)cc3)c2C2CC2)cc1. The van der Waals surface area contributed by atoms with Gasteiger partial charge in [0.25, 0.3) is 11.5 Å². The molecule has 0 radical (unpaired) electrons. The summed E-state index contributed by atoms with van der Waals surface area (Å²) in [5, 5.41) is 3.06.